The van der Waals surface area contributed by atoms with Crippen molar-refractivity contribution >= 4 is 17.4 Å². The van der Waals surface area contributed by atoms with Crippen molar-refractivity contribution in [2.75, 3.05) is 7.05 Å². The summed E-state index contributed by atoms with van der Waals surface area (Å²) in [6, 6.07) is 0. The van der Waals surface area contributed by atoms with Crippen LogP contribution in [0.4, 0.5) is 11.5 Å². The molecule has 92 valence electrons. The zero-order valence-corrected chi connectivity index (χ0v) is 9.04. The lowest BCUT2D eigenvalue weighted by molar-refractivity contribution is -0.424. The van der Waals surface area contributed by atoms with Crippen molar-refractivity contribution in [3.63, 3.8) is 0 Å². The number of hydrogen-bond donors (Lipinski definition) is 1. The molecule has 0 fully saturated rings. The van der Waals surface area contributed by atoms with Crippen LogP contribution >= 0.6 is 0 Å². The fraction of sp³-hybridized carbons (Fsp3) is 0.429. The largest absolute Gasteiger partial charge is 0.468 e. The van der Waals surface area contributed by atoms with Gasteiger partial charge < -0.3 is 15.4 Å². The SMILES string of the molecule is CNC(=O)Cn1nc([N+](=O)[O-])c([N+](=O)[O-])c1C. The Morgan fingerprint density at radius 3 is 2.35 bits per heavy atom. The Kier molecular flexibility index (Phi) is 3.36. The molecule has 10 heteroatoms. The van der Waals surface area contributed by atoms with Crippen LogP contribution in [0.2, 0.25) is 0 Å². The van der Waals surface area contributed by atoms with Gasteiger partial charge in [0.2, 0.25) is 5.91 Å². The maximum absolute atomic E-state index is 11.1. The molecule has 0 radical (unpaired) electrons. The second kappa shape index (κ2) is 4.55. The van der Waals surface area contributed by atoms with Crippen molar-refractivity contribution in [2.24, 2.45) is 0 Å². The number of hydrogen-bond acceptors (Lipinski definition) is 6. The molecule has 0 aromatic carbocycles. The molecule has 17 heavy (non-hydrogen) atoms. The number of aromatic nitrogens is 2. The lowest BCUT2D eigenvalue weighted by Crippen LogP contribution is -2.24. The average molecular weight is 243 g/mol. The highest BCUT2D eigenvalue weighted by molar-refractivity contribution is 5.75. The summed E-state index contributed by atoms with van der Waals surface area (Å²) in [6.07, 6.45) is 0. The summed E-state index contributed by atoms with van der Waals surface area (Å²) in [7, 11) is 1.38. The van der Waals surface area contributed by atoms with Gasteiger partial charge >= 0.3 is 11.5 Å². The van der Waals surface area contributed by atoms with E-state index < -0.39 is 27.3 Å². The maximum atomic E-state index is 11.1. The molecule has 0 bridgehead atoms. The molecule has 0 aliphatic carbocycles. The molecule has 1 heterocycles. The average Bonchev–Trinajstić information content (AvgIpc) is 2.56. The predicted molar refractivity (Wildman–Crippen MR) is 54.3 cm³/mol. The number of likely N-dealkylation sites (N-methyl/N-ethyl adjacent to an activating group) is 1. The summed E-state index contributed by atoms with van der Waals surface area (Å²) >= 11 is 0. The maximum Gasteiger partial charge on any atom is 0.468 e. The molecule has 0 spiro atoms. The van der Waals surface area contributed by atoms with Crippen molar-refractivity contribution in [2.45, 2.75) is 13.5 Å². The fourth-order valence-corrected chi connectivity index (χ4v) is 1.23. The Balaban J connectivity index is 3.26. The number of nitro groups is 2. The van der Waals surface area contributed by atoms with Gasteiger partial charge in [0.15, 0.2) is 0 Å². The van der Waals surface area contributed by atoms with Crippen LogP contribution in [0.1, 0.15) is 5.69 Å². The smallest absolute Gasteiger partial charge is 0.358 e. The van der Waals surface area contributed by atoms with E-state index in [4.69, 9.17) is 0 Å². The van der Waals surface area contributed by atoms with Crippen LogP contribution in [0, 0.1) is 27.2 Å². The van der Waals surface area contributed by atoms with E-state index in [9.17, 15) is 25.0 Å². The summed E-state index contributed by atoms with van der Waals surface area (Å²) in [6.45, 7) is 0.984. The Labute approximate surface area is 94.5 Å². The summed E-state index contributed by atoms with van der Waals surface area (Å²) in [5, 5.41) is 27.0. The van der Waals surface area contributed by atoms with Crippen LogP contribution in [-0.2, 0) is 11.3 Å². The summed E-state index contributed by atoms with van der Waals surface area (Å²) in [5.74, 6) is -1.32. The second-order valence-corrected chi connectivity index (χ2v) is 3.10. The molecule has 0 aliphatic rings. The highest BCUT2D eigenvalue weighted by atomic mass is 16.6. The molecule has 0 saturated heterocycles. The Bertz CT molecular complexity index is 493. The molecule has 0 atom stereocenters. The summed E-state index contributed by atoms with van der Waals surface area (Å²) in [5.41, 5.74) is -0.732. The Morgan fingerprint density at radius 2 is 2.00 bits per heavy atom. The van der Waals surface area contributed by atoms with Gasteiger partial charge in [-0.3, -0.25) is 14.9 Å². The van der Waals surface area contributed by atoms with E-state index in [1.165, 1.54) is 14.0 Å². The van der Waals surface area contributed by atoms with E-state index in [1.54, 1.807) is 0 Å². The minimum Gasteiger partial charge on any atom is -0.358 e. The molecule has 1 aromatic heterocycles. The lowest BCUT2D eigenvalue weighted by atomic mass is 10.4. The fourth-order valence-electron chi connectivity index (χ4n) is 1.23. The molecular weight excluding hydrogens is 234 g/mol. The van der Waals surface area contributed by atoms with Crippen LogP contribution in [0.3, 0.4) is 0 Å². The first-order chi connectivity index (χ1) is 7.88. The van der Waals surface area contributed by atoms with Crippen molar-refractivity contribution in [3.8, 4) is 0 Å². The third-order valence-electron chi connectivity index (χ3n) is 2.08. The number of amides is 1. The zero-order valence-electron chi connectivity index (χ0n) is 9.04. The van der Waals surface area contributed by atoms with Gasteiger partial charge in [0.25, 0.3) is 0 Å². The van der Waals surface area contributed by atoms with Crippen LogP contribution in [-0.4, -0.2) is 32.6 Å². The van der Waals surface area contributed by atoms with E-state index in [2.05, 4.69) is 10.4 Å². The molecule has 1 rings (SSSR count). The third kappa shape index (κ3) is 2.35. The molecule has 0 unspecified atom stereocenters. The van der Waals surface area contributed by atoms with Crippen LogP contribution in [0.15, 0.2) is 0 Å². The monoisotopic (exact) mass is 243 g/mol. The van der Waals surface area contributed by atoms with Gasteiger partial charge in [-0.2, -0.15) is 4.68 Å². The number of nitrogens with zero attached hydrogens (tertiary/aromatic N) is 4. The minimum atomic E-state index is -0.953. The predicted octanol–water partition coefficient (Wildman–Crippen LogP) is -0.246. The lowest BCUT2D eigenvalue weighted by Gasteiger charge is -1.96. The quantitative estimate of drug-likeness (QED) is 0.572. The van der Waals surface area contributed by atoms with Crippen molar-refractivity contribution in [1.82, 2.24) is 15.1 Å². The highest BCUT2D eigenvalue weighted by Gasteiger charge is 2.35. The van der Waals surface area contributed by atoms with Gasteiger partial charge in [0, 0.05) is 7.05 Å². The number of carbonyl (C=O) groups excluding carboxylic acids is 1. The van der Waals surface area contributed by atoms with Crippen LogP contribution < -0.4 is 5.32 Å². The van der Waals surface area contributed by atoms with E-state index in [-0.39, 0.29) is 12.2 Å². The van der Waals surface area contributed by atoms with E-state index in [1.807, 2.05) is 0 Å². The Hall–Kier alpha value is -2.52. The van der Waals surface area contributed by atoms with Gasteiger partial charge in [-0.1, -0.05) is 0 Å². The first kappa shape index (κ1) is 12.5. The number of rotatable bonds is 4. The van der Waals surface area contributed by atoms with E-state index in [0.29, 0.717) is 0 Å². The van der Waals surface area contributed by atoms with Crippen LogP contribution in [0.25, 0.3) is 0 Å². The zero-order chi connectivity index (χ0) is 13.2. The molecule has 10 nitrogen and oxygen atoms in total. The number of nitrogens with one attached hydrogen (secondary N) is 1. The van der Waals surface area contributed by atoms with Gasteiger partial charge in [0.1, 0.15) is 12.2 Å². The second-order valence-electron chi connectivity index (χ2n) is 3.10. The Morgan fingerprint density at radius 1 is 1.41 bits per heavy atom. The highest BCUT2D eigenvalue weighted by Crippen LogP contribution is 2.28. The third-order valence-corrected chi connectivity index (χ3v) is 2.08. The minimum absolute atomic E-state index is 0.0368. The van der Waals surface area contributed by atoms with Gasteiger partial charge in [-0.25, -0.2) is 0 Å². The number of carbonyl (C=O) groups is 1. The molecule has 1 N–H and O–H groups in total. The van der Waals surface area contributed by atoms with Gasteiger partial charge in [-0.05, 0) is 11.8 Å². The van der Waals surface area contributed by atoms with E-state index in [0.717, 1.165) is 4.68 Å². The first-order valence-electron chi connectivity index (χ1n) is 4.45. The molecule has 1 amide bonds. The van der Waals surface area contributed by atoms with Gasteiger partial charge in [-0.15, -0.1) is 0 Å². The first-order valence-corrected chi connectivity index (χ1v) is 4.45. The molecule has 1 aromatic rings. The van der Waals surface area contributed by atoms with Crippen molar-refractivity contribution in [1.29, 1.82) is 0 Å². The standard InChI is InChI=1S/C7H9N5O5/c1-4-6(11(14)15)7(12(16)17)9-10(4)3-5(13)8-2/h3H2,1-2H3,(H,8,13). The summed E-state index contributed by atoms with van der Waals surface area (Å²) < 4.78 is 0.926. The summed E-state index contributed by atoms with van der Waals surface area (Å²) in [4.78, 5) is 30.5. The normalized spacial score (nSPS) is 10.0. The topological polar surface area (TPSA) is 133 Å². The molecule has 0 aliphatic heterocycles. The molecule has 0 saturated carbocycles. The van der Waals surface area contributed by atoms with Gasteiger partial charge in [0.05, 0.1) is 10.0 Å². The van der Waals surface area contributed by atoms with Crippen LogP contribution in [0.5, 0.6) is 0 Å². The van der Waals surface area contributed by atoms with Crippen molar-refractivity contribution < 1.29 is 14.6 Å². The van der Waals surface area contributed by atoms with Crippen molar-refractivity contribution in [3.05, 3.63) is 25.9 Å². The molecular formula is C7H9N5O5. The van der Waals surface area contributed by atoms with E-state index >= 15 is 0 Å².